The Morgan fingerprint density at radius 2 is 2.13 bits per heavy atom. The van der Waals surface area contributed by atoms with Crippen molar-refractivity contribution in [3.63, 3.8) is 0 Å². The topological polar surface area (TPSA) is 112 Å². The number of amides is 1. The number of fused-ring (bicyclic) bond motifs is 1. The standard InChI is InChI=1S/C24H29N3O4/c1-15(2)10-16(23(30)27-24(14-25)9-5-6-17(28)13-24)11-21(29)20-12-18-19(26-20)7-4-8-22(18)31-3/h4,7-8,12,15-16,26H,5-6,9-11,13H2,1-3H3,(H,27,30)/t16-,24?/m1/s1. The Balaban J connectivity index is 1.79. The SMILES string of the molecule is COc1cccc2[nH]c(C(=O)C[C@@H](CC(C)C)C(=O)NC3(C#N)CCCC(=O)C3)cc12. The summed E-state index contributed by atoms with van der Waals surface area (Å²) >= 11 is 0. The molecule has 1 amide bonds. The number of ketones is 2. The van der Waals surface area contributed by atoms with Gasteiger partial charge in [0.2, 0.25) is 5.91 Å². The average Bonchev–Trinajstić information content (AvgIpc) is 3.17. The van der Waals surface area contributed by atoms with Crippen LogP contribution in [-0.2, 0) is 9.59 Å². The molecular formula is C24H29N3O4. The first kappa shape index (κ1) is 22.5. The van der Waals surface area contributed by atoms with Gasteiger partial charge in [-0.1, -0.05) is 19.9 Å². The van der Waals surface area contributed by atoms with Crippen LogP contribution in [0.3, 0.4) is 0 Å². The molecule has 7 nitrogen and oxygen atoms in total. The largest absolute Gasteiger partial charge is 0.496 e. The number of carbonyl (C=O) groups excluding carboxylic acids is 3. The van der Waals surface area contributed by atoms with E-state index in [9.17, 15) is 19.6 Å². The number of nitriles is 1. The van der Waals surface area contributed by atoms with Gasteiger partial charge in [-0.15, -0.1) is 0 Å². The van der Waals surface area contributed by atoms with Crippen molar-refractivity contribution < 1.29 is 19.1 Å². The number of ether oxygens (including phenoxy) is 1. The summed E-state index contributed by atoms with van der Waals surface area (Å²) < 4.78 is 5.36. The molecule has 2 atom stereocenters. The maximum atomic E-state index is 13.1. The van der Waals surface area contributed by atoms with Gasteiger partial charge in [-0.3, -0.25) is 14.4 Å². The fourth-order valence-corrected chi connectivity index (χ4v) is 4.31. The Bertz CT molecular complexity index is 1030. The number of aromatic amines is 1. The van der Waals surface area contributed by atoms with E-state index < -0.39 is 11.5 Å². The van der Waals surface area contributed by atoms with E-state index in [0.29, 0.717) is 37.1 Å². The quantitative estimate of drug-likeness (QED) is 0.625. The Hall–Kier alpha value is -3.14. The molecule has 1 aromatic carbocycles. The van der Waals surface area contributed by atoms with E-state index in [2.05, 4.69) is 16.4 Å². The lowest BCUT2D eigenvalue weighted by Gasteiger charge is -2.32. The highest BCUT2D eigenvalue weighted by atomic mass is 16.5. The summed E-state index contributed by atoms with van der Waals surface area (Å²) in [5.74, 6) is -0.254. The molecule has 164 valence electrons. The van der Waals surface area contributed by atoms with Crippen LogP contribution in [0, 0.1) is 23.2 Å². The Morgan fingerprint density at radius 3 is 2.77 bits per heavy atom. The predicted molar refractivity (Wildman–Crippen MR) is 117 cm³/mol. The number of benzene rings is 1. The highest BCUT2D eigenvalue weighted by Crippen LogP contribution is 2.29. The third kappa shape index (κ3) is 5.13. The third-order valence-corrected chi connectivity index (χ3v) is 5.84. The van der Waals surface area contributed by atoms with Crippen LogP contribution in [-0.4, -0.2) is 35.1 Å². The number of rotatable bonds is 8. The molecule has 1 unspecified atom stereocenters. The number of aromatic nitrogens is 1. The molecule has 1 fully saturated rings. The van der Waals surface area contributed by atoms with Crippen molar-refractivity contribution in [3.8, 4) is 11.8 Å². The number of carbonyl (C=O) groups is 3. The lowest BCUT2D eigenvalue weighted by Crippen LogP contribution is -2.52. The fraction of sp³-hybridized carbons (Fsp3) is 0.500. The molecule has 2 aromatic rings. The molecule has 0 bridgehead atoms. The zero-order chi connectivity index (χ0) is 22.6. The maximum absolute atomic E-state index is 13.1. The molecule has 0 saturated heterocycles. The monoisotopic (exact) mass is 423 g/mol. The van der Waals surface area contributed by atoms with Gasteiger partial charge in [0.15, 0.2) is 5.78 Å². The first-order chi connectivity index (χ1) is 14.8. The molecule has 1 saturated carbocycles. The summed E-state index contributed by atoms with van der Waals surface area (Å²) in [6, 6.07) is 9.42. The predicted octanol–water partition coefficient (Wildman–Crippen LogP) is 3.93. The summed E-state index contributed by atoms with van der Waals surface area (Å²) in [7, 11) is 1.58. The lowest BCUT2D eigenvalue weighted by molar-refractivity contribution is -0.128. The van der Waals surface area contributed by atoms with Crippen molar-refractivity contribution in [3.05, 3.63) is 30.0 Å². The van der Waals surface area contributed by atoms with Crippen molar-refractivity contribution in [1.82, 2.24) is 10.3 Å². The molecule has 1 aliphatic carbocycles. The molecule has 1 aromatic heterocycles. The molecule has 0 spiro atoms. The molecule has 2 N–H and O–H groups in total. The smallest absolute Gasteiger partial charge is 0.224 e. The molecule has 0 aliphatic heterocycles. The van der Waals surface area contributed by atoms with Gasteiger partial charge >= 0.3 is 0 Å². The normalized spacial score (nSPS) is 19.8. The number of Topliss-reactive ketones (excluding diaryl/α,β-unsaturated/α-hetero) is 2. The molecule has 1 aliphatic rings. The van der Waals surface area contributed by atoms with E-state index in [1.165, 1.54) is 0 Å². The maximum Gasteiger partial charge on any atom is 0.224 e. The van der Waals surface area contributed by atoms with Gasteiger partial charge in [0, 0.05) is 36.1 Å². The highest BCUT2D eigenvalue weighted by Gasteiger charge is 2.39. The van der Waals surface area contributed by atoms with E-state index >= 15 is 0 Å². The molecular weight excluding hydrogens is 394 g/mol. The minimum atomic E-state index is -1.17. The number of H-pyrrole nitrogens is 1. The minimum Gasteiger partial charge on any atom is -0.496 e. The van der Waals surface area contributed by atoms with Crippen LogP contribution in [0.1, 0.15) is 62.9 Å². The van der Waals surface area contributed by atoms with E-state index in [0.717, 1.165) is 10.9 Å². The number of nitrogens with zero attached hydrogens (tertiary/aromatic N) is 1. The van der Waals surface area contributed by atoms with Crippen LogP contribution in [0.15, 0.2) is 24.3 Å². The van der Waals surface area contributed by atoms with E-state index in [1.54, 1.807) is 13.2 Å². The summed E-state index contributed by atoms with van der Waals surface area (Å²) in [6.45, 7) is 3.98. The van der Waals surface area contributed by atoms with E-state index in [1.807, 2.05) is 32.0 Å². The van der Waals surface area contributed by atoms with Crippen LogP contribution in [0.4, 0.5) is 0 Å². The minimum absolute atomic E-state index is 0.0170. The Kier molecular flexibility index (Phi) is 6.79. The van der Waals surface area contributed by atoms with Crippen LogP contribution in [0.5, 0.6) is 5.75 Å². The summed E-state index contributed by atoms with van der Waals surface area (Å²) in [5, 5.41) is 13.3. The van der Waals surface area contributed by atoms with Gasteiger partial charge in [0.1, 0.15) is 17.1 Å². The zero-order valence-corrected chi connectivity index (χ0v) is 18.3. The summed E-state index contributed by atoms with van der Waals surface area (Å²) in [5.41, 5.74) is 0.0414. The molecule has 31 heavy (non-hydrogen) atoms. The number of hydrogen-bond donors (Lipinski definition) is 2. The van der Waals surface area contributed by atoms with Crippen LogP contribution in [0.25, 0.3) is 10.9 Å². The number of nitrogens with one attached hydrogen (secondary N) is 2. The van der Waals surface area contributed by atoms with Crippen molar-refractivity contribution in [2.24, 2.45) is 11.8 Å². The summed E-state index contributed by atoms with van der Waals surface area (Å²) in [6.07, 6.45) is 2.03. The van der Waals surface area contributed by atoms with Crippen molar-refractivity contribution >= 4 is 28.4 Å². The number of methoxy groups -OCH3 is 1. The van der Waals surface area contributed by atoms with E-state index in [4.69, 9.17) is 4.74 Å². The second-order valence-electron chi connectivity index (χ2n) is 8.81. The first-order valence-corrected chi connectivity index (χ1v) is 10.7. The molecule has 3 rings (SSSR count). The lowest BCUT2D eigenvalue weighted by atomic mass is 9.81. The number of hydrogen-bond acceptors (Lipinski definition) is 5. The zero-order valence-electron chi connectivity index (χ0n) is 18.3. The Labute approximate surface area is 182 Å². The third-order valence-electron chi connectivity index (χ3n) is 5.84. The van der Waals surface area contributed by atoms with Crippen LogP contribution in [0.2, 0.25) is 0 Å². The van der Waals surface area contributed by atoms with Crippen molar-refractivity contribution in [2.75, 3.05) is 7.11 Å². The summed E-state index contributed by atoms with van der Waals surface area (Å²) in [4.78, 5) is 41.1. The van der Waals surface area contributed by atoms with Gasteiger partial charge in [0.05, 0.1) is 18.9 Å². The van der Waals surface area contributed by atoms with Gasteiger partial charge in [-0.2, -0.15) is 5.26 Å². The second kappa shape index (κ2) is 9.34. The van der Waals surface area contributed by atoms with Gasteiger partial charge in [-0.05, 0) is 43.4 Å². The Morgan fingerprint density at radius 1 is 1.35 bits per heavy atom. The first-order valence-electron chi connectivity index (χ1n) is 10.7. The van der Waals surface area contributed by atoms with Gasteiger partial charge < -0.3 is 15.0 Å². The van der Waals surface area contributed by atoms with Gasteiger partial charge in [0.25, 0.3) is 0 Å². The highest BCUT2D eigenvalue weighted by molar-refractivity contribution is 6.02. The second-order valence-corrected chi connectivity index (χ2v) is 8.81. The molecule has 0 radical (unpaired) electrons. The van der Waals surface area contributed by atoms with Crippen LogP contribution < -0.4 is 10.1 Å². The molecule has 1 heterocycles. The van der Waals surface area contributed by atoms with Crippen LogP contribution >= 0.6 is 0 Å². The van der Waals surface area contributed by atoms with Gasteiger partial charge in [-0.25, -0.2) is 0 Å². The van der Waals surface area contributed by atoms with E-state index in [-0.39, 0.29) is 36.2 Å². The van der Waals surface area contributed by atoms with Crippen molar-refractivity contribution in [1.29, 1.82) is 5.26 Å². The van der Waals surface area contributed by atoms with Crippen molar-refractivity contribution in [2.45, 2.75) is 57.9 Å². The average molecular weight is 424 g/mol. The molecule has 7 heteroatoms. The fourth-order valence-electron chi connectivity index (χ4n) is 4.31.